The van der Waals surface area contributed by atoms with Crippen LogP contribution in [0.3, 0.4) is 0 Å². The molecule has 0 spiro atoms. The minimum atomic E-state index is 0. The van der Waals surface area contributed by atoms with Crippen LogP contribution in [0.4, 0.5) is 0 Å². The molecule has 0 aliphatic heterocycles. The summed E-state index contributed by atoms with van der Waals surface area (Å²) in [5.41, 5.74) is 3.14. The topological polar surface area (TPSA) is 26.8 Å². The van der Waals surface area contributed by atoms with Crippen molar-refractivity contribution >= 4 is 22.6 Å². The van der Waals surface area contributed by atoms with E-state index in [1.165, 1.54) is 4.90 Å². The molecule has 5 heteroatoms. The lowest BCUT2D eigenvalue weighted by atomic mass is 10.0. The van der Waals surface area contributed by atoms with Crippen molar-refractivity contribution in [3.8, 4) is 16.9 Å². The van der Waals surface area contributed by atoms with Gasteiger partial charge in [0.25, 0.3) is 0 Å². The lowest BCUT2D eigenvalue weighted by Gasteiger charge is -2.14. The zero-order valence-corrected chi connectivity index (χ0v) is 16.2. The molecule has 0 saturated carbocycles. The molecule has 0 amide bonds. The van der Waals surface area contributed by atoms with Crippen LogP contribution < -0.4 is 22.0 Å². The molecule has 0 unspecified atom stereocenters. The van der Waals surface area contributed by atoms with Gasteiger partial charge in [0, 0.05) is 16.0 Å². The van der Waals surface area contributed by atoms with Crippen LogP contribution in [0.25, 0.3) is 22.1 Å². The maximum absolute atomic E-state index is 6.23. The number of quaternary nitrogens is 1. The molecular weight excluding hydrogens is 357 g/mol. The number of furan rings is 1. The van der Waals surface area contributed by atoms with Gasteiger partial charge in [0.2, 0.25) is 0 Å². The number of benzene rings is 2. The van der Waals surface area contributed by atoms with Gasteiger partial charge in [-0.15, -0.1) is 0 Å². The highest BCUT2D eigenvalue weighted by atomic mass is 35.5. The fourth-order valence-corrected chi connectivity index (χ4v) is 3.22. The average molecular weight is 380 g/mol. The number of fused-ring (bicyclic) bond motifs is 1. The van der Waals surface area contributed by atoms with E-state index in [0.29, 0.717) is 0 Å². The Morgan fingerprint density at radius 1 is 1.04 bits per heavy atom. The molecule has 1 N–H and O–H groups in total. The van der Waals surface area contributed by atoms with Crippen molar-refractivity contribution < 1.29 is 26.5 Å². The van der Waals surface area contributed by atoms with E-state index in [9.17, 15) is 0 Å². The maximum Gasteiger partial charge on any atom is 0.167 e. The fourth-order valence-electron chi connectivity index (χ4n) is 3.05. The monoisotopic (exact) mass is 379 g/mol. The van der Waals surface area contributed by atoms with Crippen LogP contribution in [0, 0.1) is 0 Å². The van der Waals surface area contributed by atoms with Gasteiger partial charge in [-0.1, -0.05) is 23.7 Å². The summed E-state index contributed by atoms with van der Waals surface area (Å²) in [4.78, 5) is 1.48. The minimum Gasteiger partial charge on any atom is -1.00 e. The Morgan fingerprint density at radius 3 is 2.32 bits per heavy atom. The molecule has 1 aromatic heterocycles. The molecule has 0 saturated heterocycles. The van der Waals surface area contributed by atoms with E-state index >= 15 is 0 Å². The molecule has 0 aliphatic carbocycles. The Kier molecular flexibility index (Phi) is 6.77. The third kappa shape index (κ3) is 4.12. The van der Waals surface area contributed by atoms with Gasteiger partial charge in [-0.2, -0.15) is 0 Å². The highest BCUT2D eigenvalue weighted by Crippen LogP contribution is 2.36. The largest absolute Gasteiger partial charge is 1.00 e. The molecule has 134 valence electrons. The summed E-state index contributed by atoms with van der Waals surface area (Å²) < 4.78 is 11.5. The van der Waals surface area contributed by atoms with E-state index in [1.54, 1.807) is 7.11 Å². The Balaban J connectivity index is 0.00000225. The zero-order chi connectivity index (χ0) is 17.1. The van der Waals surface area contributed by atoms with E-state index in [0.717, 1.165) is 58.3 Å². The van der Waals surface area contributed by atoms with Gasteiger partial charge in [0.1, 0.15) is 17.9 Å². The number of hydrogen-bond donors (Lipinski definition) is 1. The lowest BCUT2D eigenvalue weighted by molar-refractivity contribution is -0.911. The van der Waals surface area contributed by atoms with E-state index in [1.807, 2.05) is 30.3 Å². The number of methoxy groups -OCH3 is 1. The second-order valence-electron chi connectivity index (χ2n) is 5.90. The van der Waals surface area contributed by atoms with Gasteiger partial charge in [-0.25, -0.2) is 0 Å². The number of rotatable bonds is 6. The highest BCUT2D eigenvalue weighted by Gasteiger charge is 2.20. The van der Waals surface area contributed by atoms with Gasteiger partial charge in [0.05, 0.1) is 20.2 Å². The third-order valence-electron chi connectivity index (χ3n) is 4.51. The standard InChI is InChI=1S/C20H22ClNO2.ClH/c1-4-22(5-2)13-19-20(14-6-9-16(23-3)10-7-14)17-12-15(21)8-11-18(17)24-19;/h6-12H,4-5,13H2,1-3H3;1H. The van der Waals surface area contributed by atoms with Gasteiger partial charge in [-0.3, -0.25) is 0 Å². The normalized spacial score (nSPS) is 10.9. The van der Waals surface area contributed by atoms with Crippen LogP contribution in [0.15, 0.2) is 46.9 Å². The fraction of sp³-hybridized carbons (Fsp3) is 0.300. The predicted molar refractivity (Wildman–Crippen MR) is 99.0 cm³/mol. The number of halogens is 2. The van der Waals surface area contributed by atoms with Gasteiger partial charge in [0.15, 0.2) is 5.76 Å². The maximum atomic E-state index is 6.23. The lowest BCUT2D eigenvalue weighted by Crippen LogP contribution is -3.10. The number of nitrogens with one attached hydrogen (secondary N) is 1. The summed E-state index contributed by atoms with van der Waals surface area (Å²) in [5.74, 6) is 1.86. The summed E-state index contributed by atoms with van der Waals surface area (Å²) in [7, 11) is 1.68. The van der Waals surface area contributed by atoms with Crippen LogP contribution in [-0.2, 0) is 6.54 Å². The van der Waals surface area contributed by atoms with Gasteiger partial charge >= 0.3 is 0 Å². The highest BCUT2D eigenvalue weighted by molar-refractivity contribution is 6.31. The molecule has 0 fully saturated rings. The molecule has 3 aromatic rings. The summed E-state index contributed by atoms with van der Waals surface area (Å²) in [6.07, 6.45) is 0. The van der Waals surface area contributed by atoms with E-state index < -0.39 is 0 Å². The van der Waals surface area contributed by atoms with E-state index in [2.05, 4.69) is 26.0 Å². The first-order valence-corrected chi connectivity index (χ1v) is 8.73. The molecule has 1 heterocycles. The second-order valence-corrected chi connectivity index (χ2v) is 6.34. The average Bonchev–Trinajstić information content (AvgIpc) is 2.96. The molecule has 3 rings (SSSR count). The molecule has 25 heavy (non-hydrogen) atoms. The van der Waals surface area contributed by atoms with Crippen LogP contribution in [0.1, 0.15) is 19.6 Å². The molecular formula is C20H23Cl2NO2. The first kappa shape index (κ1) is 19.6. The van der Waals surface area contributed by atoms with Crippen LogP contribution >= 0.6 is 11.6 Å². The first-order valence-electron chi connectivity index (χ1n) is 8.35. The second kappa shape index (κ2) is 8.61. The summed E-state index contributed by atoms with van der Waals surface area (Å²) in [6.45, 7) is 7.39. The van der Waals surface area contributed by atoms with Crippen LogP contribution in [0.2, 0.25) is 5.02 Å². The smallest absolute Gasteiger partial charge is 0.167 e. The van der Waals surface area contributed by atoms with Crippen molar-refractivity contribution in [3.63, 3.8) is 0 Å². The quantitative estimate of drug-likeness (QED) is 0.696. The van der Waals surface area contributed by atoms with Crippen LogP contribution in [-0.4, -0.2) is 20.2 Å². The van der Waals surface area contributed by atoms with E-state index in [-0.39, 0.29) is 12.4 Å². The predicted octanol–water partition coefficient (Wildman–Crippen LogP) is 1.19. The Morgan fingerprint density at radius 2 is 1.72 bits per heavy atom. The first-order chi connectivity index (χ1) is 11.7. The van der Waals surface area contributed by atoms with Crippen molar-refractivity contribution in [2.24, 2.45) is 0 Å². The Hall–Kier alpha value is -1.68. The van der Waals surface area contributed by atoms with Crippen LogP contribution in [0.5, 0.6) is 5.75 Å². The summed E-state index contributed by atoms with van der Waals surface area (Å²) in [6, 6.07) is 13.9. The molecule has 0 atom stereocenters. The molecule has 2 aromatic carbocycles. The SMILES string of the molecule is CC[NH+](CC)Cc1oc2ccc(Cl)cc2c1-c1ccc(OC)cc1.[Cl-]. The van der Waals surface area contributed by atoms with E-state index in [4.69, 9.17) is 20.8 Å². The van der Waals surface area contributed by atoms with Crippen molar-refractivity contribution in [3.05, 3.63) is 53.2 Å². The van der Waals surface area contributed by atoms with Gasteiger partial charge in [-0.05, 0) is 49.7 Å². The van der Waals surface area contributed by atoms with Crippen molar-refractivity contribution in [2.75, 3.05) is 20.2 Å². The summed E-state index contributed by atoms with van der Waals surface area (Å²) in [5, 5.41) is 1.79. The third-order valence-corrected chi connectivity index (χ3v) is 4.75. The van der Waals surface area contributed by atoms with Crippen molar-refractivity contribution in [1.82, 2.24) is 0 Å². The minimum absolute atomic E-state index is 0. The zero-order valence-electron chi connectivity index (χ0n) is 14.7. The Labute approximate surface area is 159 Å². The number of hydrogen-bond acceptors (Lipinski definition) is 2. The van der Waals surface area contributed by atoms with Crippen molar-refractivity contribution in [2.45, 2.75) is 20.4 Å². The molecule has 0 aliphatic rings. The number of ether oxygens (including phenoxy) is 1. The Bertz CT molecular complexity index is 824. The molecule has 3 nitrogen and oxygen atoms in total. The van der Waals surface area contributed by atoms with Crippen molar-refractivity contribution in [1.29, 1.82) is 0 Å². The van der Waals surface area contributed by atoms with Gasteiger partial charge < -0.3 is 26.5 Å². The molecule has 0 bridgehead atoms. The summed E-state index contributed by atoms with van der Waals surface area (Å²) >= 11 is 6.23. The molecule has 0 radical (unpaired) electrons.